The van der Waals surface area contributed by atoms with Crippen molar-refractivity contribution in [2.24, 2.45) is 0 Å². The van der Waals surface area contributed by atoms with E-state index in [1.807, 2.05) is 0 Å². The van der Waals surface area contributed by atoms with Crippen LogP contribution in [0.1, 0.15) is 12.8 Å². The minimum Gasteiger partial charge on any atom is -0.481 e. The van der Waals surface area contributed by atoms with Crippen molar-refractivity contribution in [1.29, 1.82) is 0 Å². The summed E-state index contributed by atoms with van der Waals surface area (Å²) in [6.45, 7) is 3.61. The molecule has 2 fully saturated rings. The van der Waals surface area contributed by atoms with Crippen LogP contribution in [0.5, 0.6) is 0 Å². The van der Waals surface area contributed by atoms with Crippen LogP contribution in [0.2, 0.25) is 0 Å². The molecule has 6 heteroatoms. The van der Waals surface area contributed by atoms with E-state index in [9.17, 15) is 4.79 Å². The number of hydrogen-bond acceptors (Lipinski definition) is 4. The lowest BCUT2D eigenvalue weighted by Gasteiger charge is -2.31. The number of aliphatic carboxylic acids is 1. The third-order valence-corrected chi connectivity index (χ3v) is 2.77. The van der Waals surface area contributed by atoms with Crippen LogP contribution in [0.25, 0.3) is 0 Å². The zero-order valence-electron chi connectivity index (χ0n) is 8.50. The van der Waals surface area contributed by atoms with E-state index in [1.165, 1.54) is 0 Å². The summed E-state index contributed by atoms with van der Waals surface area (Å²) in [7, 11) is 0. The number of carboxylic acid groups (broad SMARTS) is 1. The van der Waals surface area contributed by atoms with Crippen molar-refractivity contribution in [3.05, 3.63) is 0 Å². The maximum Gasteiger partial charge on any atom is 0.314 e. The Morgan fingerprint density at radius 3 is 2.20 bits per heavy atom. The Balaban J connectivity index is 0.000000195. The Hall–Kier alpha value is -0.170. The van der Waals surface area contributed by atoms with Gasteiger partial charge in [-0.3, -0.25) is 4.79 Å². The standard InChI is InChI=1S/C7H13NO2.C2H3BrO2/c1-3-8-4-2-7(1)9-5-6-10-7;3-1-2(4)5/h8H,1-6H2;1H2,(H,4,5). The fourth-order valence-electron chi connectivity index (χ4n) is 1.59. The molecule has 2 heterocycles. The van der Waals surface area contributed by atoms with E-state index in [2.05, 4.69) is 21.2 Å². The first-order chi connectivity index (χ1) is 7.18. The largest absolute Gasteiger partial charge is 0.481 e. The Labute approximate surface area is 97.3 Å². The first kappa shape index (κ1) is 12.9. The third-order valence-electron chi connectivity index (χ3n) is 2.29. The van der Waals surface area contributed by atoms with Gasteiger partial charge in [0.05, 0.1) is 13.2 Å². The van der Waals surface area contributed by atoms with Crippen LogP contribution in [0.15, 0.2) is 0 Å². The van der Waals surface area contributed by atoms with Crippen molar-refractivity contribution in [2.45, 2.75) is 18.6 Å². The van der Waals surface area contributed by atoms with Crippen LogP contribution < -0.4 is 5.32 Å². The van der Waals surface area contributed by atoms with Gasteiger partial charge in [0.25, 0.3) is 0 Å². The fraction of sp³-hybridized carbons (Fsp3) is 0.889. The molecule has 0 aliphatic carbocycles. The zero-order chi connectivity index (χ0) is 11.1. The lowest BCUT2D eigenvalue weighted by Crippen LogP contribution is -2.42. The zero-order valence-corrected chi connectivity index (χ0v) is 10.1. The molecule has 2 aliphatic rings. The SMILES string of the molecule is C1CC2(CCN1)OCCO2.O=C(O)CBr. The highest BCUT2D eigenvalue weighted by molar-refractivity contribution is 9.09. The summed E-state index contributed by atoms with van der Waals surface area (Å²) >= 11 is 2.71. The second kappa shape index (κ2) is 6.42. The highest BCUT2D eigenvalue weighted by atomic mass is 79.9. The van der Waals surface area contributed by atoms with Gasteiger partial charge in [-0.1, -0.05) is 15.9 Å². The molecule has 2 N–H and O–H groups in total. The van der Waals surface area contributed by atoms with E-state index in [-0.39, 0.29) is 11.1 Å². The van der Waals surface area contributed by atoms with Crippen LogP contribution in [0, 0.1) is 0 Å². The number of ether oxygens (including phenoxy) is 2. The number of nitrogens with one attached hydrogen (secondary N) is 1. The number of carbonyl (C=O) groups is 1. The molecule has 0 atom stereocenters. The topological polar surface area (TPSA) is 67.8 Å². The summed E-state index contributed by atoms with van der Waals surface area (Å²) in [5.74, 6) is -1.02. The summed E-state index contributed by atoms with van der Waals surface area (Å²) in [5, 5.41) is 11.0. The van der Waals surface area contributed by atoms with Crippen molar-refractivity contribution in [1.82, 2.24) is 5.32 Å². The van der Waals surface area contributed by atoms with Crippen LogP contribution >= 0.6 is 15.9 Å². The molecule has 2 rings (SSSR count). The molecule has 0 aromatic carbocycles. The van der Waals surface area contributed by atoms with Gasteiger partial charge in [0, 0.05) is 25.9 Å². The lowest BCUT2D eigenvalue weighted by molar-refractivity contribution is -0.172. The number of carboxylic acids is 1. The van der Waals surface area contributed by atoms with Crippen molar-refractivity contribution in [3.8, 4) is 0 Å². The summed E-state index contributed by atoms with van der Waals surface area (Å²) in [6.07, 6.45) is 2.01. The molecule has 1 spiro atoms. The second-order valence-corrected chi connectivity index (χ2v) is 3.95. The molecule has 0 bridgehead atoms. The summed E-state index contributed by atoms with van der Waals surface area (Å²) in [5.41, 5.74) is 0. The van der Waals surface area contributed by atoms with E-state index in [0.29, 0.717) is 0 Å². The molecule has 0 saturated carbocycles. The van der Waals surface area contributed by atoms with Gasteiger partial charge in [-0.15, -0.1) is 0 Å². The molecule has 15 heavy (non-hydrogen) atoms. The predicted molar refractivity (Wildman–Crippen MR) is 58.2 cm³/mol. The van der Waals surface area contributed by atoms with Crippen molar-refractivity contribution >= 4 is 21.9 Å². The first-order valence-electron chi connectivity index (χ1n) is 4.95. The van der Waals surface area contributed by atoms with Gasteiger partial charge in [0.15, 0.2) is 5.79 Å². The molecule has 0 radical (unpaired) electrons. The van der Waals surface area contributed by atoms with E-state index in [1.54, 1.807) is 0 Å². The Morgan fingerprint density at radius 2 is 1.80 bits per heavy atom. The predicted octanol–water partition coefficient (Wildman–Crippen LogP) is 0.579. The molecule has 88 valence electrons. The van der Waals surface area contributed by atoms with Gasteiger partial charge < -0.3 is 19.9 Å². The van der Waals surface area contributed by atoms with Crippen LogP contribution in [-0.2, 0) is 14.3 Å². The first-order valence-corrected chi connectivity index (χ1v) is 6.07. The molecular formula is C9H16BrNO4. The Bertz CT molecular complexity index is 198. The van der Waals surface area contributed by atoms with E-state index in [0.717, 1.165) is 39.1 Å². The van der Waals surface area contributed by atoms with Crippen molar-refractivity contribution in [2.75, 3.05) is 31.6 Å². The Morgan fingerprint density at radius 1 is 1.33 bits per heavy atom. The minimum absolute atomic E-state index is 0.0347. The van der Waals surface area contributed by atoms with E-state index in [4.69, 9.17) is 14.6 Å². The number of piperidine rings is 1. The molecule has 2 aliphatic heterocycles. The van der Waals surface area contributed by atoms with Gasteiger partial charge in [-0.05, 0) is 0 Å². The van der Waals surface area contributed by atoms with Gasteiger partial charge in [-0.2, -0.15) is 0 Å². The number of rotatable bonds is 1. The van der Waals surface area contributed by atoms with Crippen molar-refractivity contribution < 1.29 is 19.4 Å². The molecule has 0 unspecified atom stereocenters. The molecular weight excluding hydrogens is 266 g/mol. The molecule has 2 saturated heterocycles. The van der Waals surface area contributed by atoms with Gasteiger partial charge in [0.1, 0.15) is 5.33 Å². The quantitative estimate of drug-likeness (QED) is 0.689. The molecule has 0 aromatic heterocycles. The van der Waals surface area contributed by atoms with Gasteiger partial charge in [0.2, 0.25) is 0 Å². The normalized spacial score (nSPS) is 23.3. The minimum atomic E-state index is -0.829. The highest BCUT2D eigenvalue weighted by Crippen LogP contribution is 2.28. The molecule has 0 aromatic rings. The van der Waals surface area contributed by atoms with Gasteiger partial charge in [-0.25, -0.2) is 0 Å². The summed E-state index contributed by atoms with van der Waals surface area (Å²) < 4.78 is 11.0. The van der Waals surface area contributed by atoms with E-state index < -0.39 is 5.97 Å². The lowest BCUT2D eigenvalue weighted by atomic mass is 10.1. The molecule has 0 amide bonds. The number of halogens is 1. The maximum absolute atomic E-state index is 9.32. The van der Waals surface area contributed by atoms with Gasteiger partial charge >= 0.3 is 5.97 Å². The average Bonchev–Trinajstić information content (AvgIpc) is 2.68. The number of hydrogen-bond donors (Lipinski definition) is 2. The smallest absolute Gasteiger partial charge is 0.314 e. The van der Waals surface area contributed by atoms with Crippen molar-refractivity contribution in [3.63, 3.8) is 0 Å². The van der Waals surface area contributed by atoms with Crippen LogP contribution in [0.4, 0.5) is 0 Å². The Kier molecular flexibility index (Phi) is 5.52. The fourth-order valence-corrected chi connectivity index (χ4v) is 1.59. The van der Waals surface area contributed by atoms with Crippen LogP contribution in [-0.4, -0.2) is 48.5 Å². The average molecular weight is 282 g/mol. The summed E-state index contributed by atoms with van der Waals surface area (Å²) in [6, 6.07) is 0. The highest BCUT2D eigenvalue weighted by Gasteiger charge is 2.37. The third kappa shape index (κ3) is 4.46. The second-order valence-electron chi connectivity index (χ2n) is 3.38. The van der Waals surface area contributed by atoms with Crippen LogP contribution in [0.3, 0.4) is 0 Å². The number of alkyl halides is 1. The maximum atomic E-state index is 9.32. The van der Waals surface area contributed by atoms with E-state index >= 15 is 0 Å². The molecule has 5 nitrogen and oxygen atoms in total. The summed E-state index contributed by atoms with van der Waals surface area (Å²) in [4.78, 5) is 9.32. The monoisotopic (exact) mass is 281 g/mol.